The molecule has 2 aromatic rings. The number of ether oxygens (including phenoxy) is 3. The third-order valence-electron chi connectivity index (χ3n) is 8.99. The summed E-state index contributed by atoms with van der Waals surface area (Å²) < 4.78 is 17.2. The monoisotopic (exact) mass is 573 g/mol. The number of allylic oxidation sites excluding steroid dienone is 5. The maximum Gasteiger partial charge on any atom is 0.308 e. The molecule has 42 heavy (non-hydrogen) atoms. The molecule has 0 aliphatic carbocycles. The topological polar surface area (TPSA) is 84.4 Å². The maximum atomic E-state index is 11.9. The third kappa shape index (κ3) is 6.46. The number of benzene rings is 1. The van der Waals surface area contributed by atoms with Gasteiger partial charge in [0.05, 0.1) is 43.5 Å². The van der Waals surface area contributed by atoms with Crippen molar-refractivity contribution in [3.63, 3.8) is 0 Å². The Kier molecular flexibility index (Phi) is 9.77. The number of carboxylic acid groups (broad SMARTS) is 1. The van der Waals surface area contributed by atoms with Crippen LogP contribution in [-0.4, -0.2) is 79.6 Å². The Morgan fingerprint density at radius 1 is 1.19 bits per heavy atom. The van der Waals surface area contributed by atoms with Crippen LogP contribution in [0, 0.1) is 12.8 Å². The highest BCUT2D eigenvalue weighted by Crippen LogP contribution is 2.32. The summed E-state index contributed by atoms with van der Waals surface area (Å²) in [5.41, 5.74) is 7.04. The zero-order chi connectivity index (χ0) is 29.6. The van der Waals surface area contributed by atoms with Crippen LogP contribution in [0.4, 0.5) is 5.82 Å². The van der Waals surface area contributed by atoms with Crippen LogP contribution >= 0.6 is 0 Å². The van der Waals surface area contributed by atoms with Crippen LogP contribution in [0.25, 0.3) is 5.57 Å². The molecule has 0 saturated carbocycles. The van der Waals surface area contributed by atoms with Crippen LogP contribution in [0.1, 0.15) is 41.3 Å². The first-order chi connectivity index (χ1) is 20.4. The van der Waals surface area contributed by atoms with Crippen molar-refractivity contribution in [2.45, 2.75) is 51.8 Å². The lowest BCUT2D eigenvalue weighted by molar-refractivity contribution is -0.142. The fourth-order valence-corrected chi connectivity index (χ4v) is 6.38. The van der Waals surface area contributed by atoms with Crippen molar-refractivity contribution in [3.8, 4) is 0 Å². The smallest absolute Gasteiger partial charge is 0.308 e. The van der Waals surface area contributed by atoms with Gasteiger partial charge in [-0.1, -0.05) is 36.9 Å². The Balaban J connectivity index is 1.35. The number of pyridine rings is 1. The van der Waals surface area contributed by atoms with E-state index in [9.17, 15) is 9.90 Å². The molecule has 3 aliphatic heterocycles. The van der Waals surface area contributed by atoms with Gasteiger partial charge in [-0.2, -0.15) is 0 Å². The molecular weight excluding hydrogens is 530 g/mol. The van der Waals surface area contributed by atoms with Gasteiger partial charge in [0.1, 0.15) is 18.2 Å². The second-order valence-electron chi connectivity index (χ2n) is 11.4. The van der Waals surface area contributed by atoms with E-state index in [0.29, 0.717) is 32.2 Å². The van der Waals surface area contributed by atoms with E-state index >= 15 is 0 Å². The van der Waals surface area contributed by atoms with Crippen LogP contribution in [0.2, 0.25) is 0 Å². The Morgan fingerprint density at radius 3 is 2.71 bits per heavy atom. The molecular formula is C34H43N3O5. The molecule has 224 valence electrons. The first-order valence-electron chi connectivity index (χ1n) is 14.9. The van der Waals surface area contributed by atoms with E-state index in [4.69, 9.17) is 19.2 Å². The molecule has 1 aromatic carbocycles. The minimum absolute atomic E-state index is 0.269. The van der Waals surface area contributed by atoms with E-state index in [2.05, 4.69) is 35.4 Å². The normalized spacial score (nSPS) is 21.9. The summed E-state index contributed by atoms with van der Waals surface area (Å²) in [6.07, 6.45) is 8.26. The largest absolute Gasteiger partial charge is 0.493 e. The van der Waals surface area contributed by atoms with E-state index in [-0.39, 0.29) is 6.04 Å². The quantitative estimate of drug-likeness (QED) is 0.303. The van der Waals surface area contributed by atoms with Crippen molar-refractivity contribution in [2.75, 3.05) is 51.5 Å². The van der Waals surface area contributed by atoms with Gasteiger partial charge in [0, 0.05) is 32.3 Å². The van der Waals surface area contributed by atoms with Gasteiger partial charge in [0.2, 0.25) is 0 Å². The number of aromatic nitrogens is 1. The van der Waals surface area contributed by atoms with Crippen LogP contribution < -0.4 is 4.90 Å². The molecule has 2 fully saturated rings. The lowest BCUT2D eigenvalue weighted by Crippen LogP contribution is -2.49. The molecule has 3 aliphatic rings. The van der Waals surface area contributed by atoms with Gasteiger partial charge >= 0.3 is 5.97 Å². The fraction of sp³-hybridized carbons (Fsp3) is 0.471. The molecule has 0 spiro atoms. The Morgan fingerprint density at radius 2 is 2.00 bits per heavy atom. The second-order valence-corrected chi connectivity index (χ2v) is 11.4. The predicted molar refractivity (Wildman–Crippen MR) is 164 cm³/mol. The molecule has 0 bridgehead atoms. The number of rotatable bonds is 11. The molecule has 1 aromatic heterocycles. The van der Waals surface area contributed by atoms with Crippen molar-refractivity contribution in [3.05, 3.63) is 88.8 Å². The molecule has 1 N–H and O–H groups in total. The van der Waals surface area contributed by atoms with Crippen molar-refractivity contribution in [1.29, 1.82) is 0 Å². The lowest BCUT2D eigenvalue weighted by Gasteiger charge is -2.36. The summed E-state index contributed by atoms with van der Waals surface area (Å²) in [7, 11) is 1.60. The van der Waals surface area contributed by atoms with Gasteiger partial charge in [0.25, 0.3) is 0 Å². The van der Waals surface area contributed by atoms with Gasteiger partial charge in [-0.05, 0) is 73.6 Å². The standard InChI is InChI=1S/C34H43N3O5/c1-5-6-8-29(31-9-7-10-33(35-31)37-18-15-30(34(38)39)32(37)22-40-4)24(3)42-19-26-12-11-25-13-16-36(27-20-41-21-27)17-14-28(25)23(26)2/h5-12,27,30,32H,1,13-22H2,2-4H3,(H,38,39)/b8-6-,29-24-. The van der Waals surface area contributed by atoms with Gasteiger partial charge in [-0.15, -0.1) is 0 Å². The van der Waals surface area contributed by atoms with E-state index < -0.39 is 11.9 Å². The minimum Gasteiger partial charge on any atom is -0.493 e. The van der Waals surface area contributed by atoms with Crippen LogP contribution in [0.3, 0.4) is 0 Å². The zero-order valence-electron chi connectivity index (χ0n) is 25.1. The van der Waals surface area contributed by atoms with Crippen LogP contribution in [0.15, 0.2) is 60.9 Å². The molecule has 0 amide bonds. The third-order valence-corrected chi connectivity index (χ3v) is 8.99. The van der Waals surface area contributed by atoms with Gasteiger partial charge in [-0.25, -0.2) is 4.98 Å². The van der Waals surface area contributed by atoms with E-state index in [0.717, 1.165) is 62.0 Å². The predicted octanol–water partition coefficient (Wildman–Crippen LogP) is 4.81. The second kappa shape index (κ2) is 13.7. The van der Waals surface area contributed by atoms with E-state index in [1.54, 1.807) is 13.2 Å². The molecule has 2 unspecified atom stereocenters. The summed E-state index contributed by atoms with van der Waals surface area (Å²) >= 11 is 0. The van der Waals surface area contributed by atoms with Crippen LogP contribution in [0.5, 0.6) is 0 Å². The number of nitrogens with zero attached hydrogens (tertiary/aromatic N) is 3. The summed E-state index contributed by atoms with van der Waals surface area (Å²) in [6.45, 7) is 13.3. The molecule has 2 saturated heterocycles. The number of carbonyl (C=O) groups is 1. The van der Waals surface area contributed by atoms with Gasteiger partial charge in [0.15, 0.2) is 0 Å². The summed E-state index contributed by atoms with van der Waals surface area (Å²) in [5, 5.41) is 9.73. The first-order valence-corrected chi connectivity index (χ1v) is 14.9. The highest BCUT2D eigenvalue weighted by molar-refractivity contribution is 5.75. The van der Waals surface area contributed by atoms with Crippen molar-refractivity contribution in [2.24, 2.45) is 5.92 Å². The van der Waals surface area contributed by atoms with Gasteiger partial charge < -0.3 is 24.2 Å². The SMILES string of the molecule is C=C/C=C\C(=C(/C)OCc1ccc2c(c1C)CCN(C1COC1)CC2)c1cccc(N2CCC(C(=O)O)C2COC)n1. The summed E-state index contributed by atoms with van der Waals surface area (Å²) in [4.78, 5) is 21.5. The molecule has 2 atom stereocenters. The number of hydrogen-bond donors (Lipinski definition) is 1. The van der Waals surface area contributed by atoms with Crippen molar-refractivity contribution in [1.82, 2.24) is 9.88 Å². The minimum atomic E-state index is -0.798. The fourth-order valence-electron chi connectivity index (χ4n) is 6.38. The summed E-state index contributed by atoms with van der Waals surface area (Å²) in [5.74, 6) is 0.213. The Bertz CT molecular complexity index is 1350. The number of methoxy groups -OCH3 is 1. The average Bonchev–Trinajstić information content (AvgIpc) is 3.26. The lowest BCUT2D eigenvalue weighted by atomic mass is 9.94. The highest BCUT2D eigenvalue weighted by Gasteiger charge is 2.39. The maximum absolute atomic E-state index is 11.9. The zero-order valence-corrected chi connectivity index (χ0v) is 25.1. The molecule has 5 rings (SSSR count). The Hall–Kier alpha value is -3.46. The van der Waals surface area contributed by atoms with Crippen molar-refractivity contribution >= 4 is 17.4 Å². The van der Waals surface area contributed by atoms with E-state index in [1.807, 2.05) is 37.3 Å². The van der Waals surface area contributed by atoms with Gasteiger partial charge in [-0.3, -0.25) is 9.69 Å². The van der Waals surface area contributed by atoms with Crippen LogP contribution in [-0.2, 0) is 38.5 Å². The number of carboxylic acids is 1. The average molecular weight is 574 g/mol. The van der Waals surface area contributed by atoms with E-state index in [1.165, 1.54) is 22.3 Å². The number of aliphatic carboxylic acids is 1. The number of anilines is 1. The molecule has 0 radical (unpaired) electrons. The molecule has 8 heteroatoms. The molecule has 8 nitrogen and oxygen atoms in total. The molecule has 4 heterocycles. The highest BCUT2D eigenvalue weighted by atomic mass is 16.5. The number of fused-ring (bicyclic) bond motifs is 1. The Labute approximate surface area is 249 Å². The number of hydrogen-bond acceptors (Lipinski definition) is 7. The summed E-state index contributed by atoms with van der Waals surface area (Å²) in [6, 6.07) is 10.6. The van der Waals surface area contributed by atoms with Crippen molar-refractivity contribution < 1.29 is 24.1 Å². The first kappa shape index (κ1) is 30.0.